The minimum absolute atomic E-state index is 0.00605. The minimum atomic E-state index is -0.700. The lowest BCUT2D eigenvalue weighted by atomic mass is 9.65. The Morgan fingerprint density at radius 3 is 1.12 bits per heavy atom. The summed E-state index contributed by atoms with van der Waals surface area (Å²) in [6.07, 6.45) is 26.5. The lowest BCUT2D eigenvalue weighted by molar-refractivity contribution is 0.258. The van der Waals surface area contributed by atoms with Crippen LogP contribution in [0.5, 0.6) is 23.0 Å². The number of unbranched alkanes of at least 4 members (excludes halogenated alkanes) is 18. The van der Waals surface area contributed by atoms with Crippen molar-refractivity contribution in [2.45, 2.75) is 234 Å². The molecule has 12 aromatic rings. The van der Waals surface area contributed by atoms with Gasteiger partial charge in [0.1, 0.15) is 0 Å². The van der Waals surface area contributed by atoms with E-state index in [0.29, 0.717) is 26.4 Å². The van der Waals surface area contributed by atoms with Gasteiger partial charge in [-0.2, -0.15) is 0 Å². The zero-order chi connectivity index (χ0) is 77.1. The number of nitrogens with zero attached hydrogens (tertiary/aromatic N) is 1. The second kappa shape index (κ2) is 35.4. The monoisotopic (exact) mass is 1470 g/mol. The summed E-state index contributed by atoms with van der Waals surface area (Å²) in [5.41, 5.74) is 28.1. The summed E-state index contributed by atoms with van der Waals surface area (Å²) in [6, 6.07) is 84.8. The highest BCUT2D eigenvalue weighted by atomic mass is 16.5. The SMILES string of the molecule is CCCCCCCCCCOc1ccc(C2(c3cc(C)ccc3C)c3cc(C)ccc3-c3ccc(-c4ccc5c(c4)c4cc(-c6ccc7c(c6)C(c6ccccc6)(c6ccc(OCCCCC)c(OCCCCC)c6)c6cc(C)ccc6-7)ccc4n5-c4ccc(C(C)(C)C)cc4)cc32)cc1OCCCCCCCCCC. The van der Waals surface area contributed by atoms with Crippen molar-refractivity contribution in [1.29, 1.82) is 0 Å². The van der Waals surface area contributed by atoms with Gasteiger partial charge < -0.3 is 23.5 Å². The Balaban J connectivity index is 0.915. The Morgan fingerprint density at radius 2 is 0.649 bits per heavy atom. The molecule has 1 heterocycles. The number of fused-ring (bicyclic) bond motifs is 9. The molecule has 0 fully saturated rings. The zero-order valence-corrected chi connectivity index (χ0v) is 68.7. The third-order valence-electron chi connectivity index (χ3n) is 24.3. The van der Waals surface area contributed by atoms with E-state index in [2.05, 4.69) is 299 Å². The summed E-state index contributed by atoms with van der Waals surface area (Å²) in [5.74, 6) is 3.31. The Morgan fingerprint density at radius 1 is 0.288 bits per heavy atom. The third kappa shape index (κ3) is 16.1. The summed E-state index contributed by atoms with van der Waals surface area (Å²) in [5, 5.41) is 2.41. The maximum absolute atomic E-state index is 7.10. The molecule has 2 aliphatic carbocycles. The molecule has 5 heteroatoms. The Kier molecular flexibility index (Phi) is 24.9. The number of hydrogen-bond donors (Lipinski definition) is 0. The molecule has 0 N–H and O–H groups in total. The van der Waals surface area contributed by atoms with Crippen LogP contribution in [-0.2, 0) is 16.2 Å². The molecule has 2 unspecified atom stereocenters. The predicted octanol–water partition coefficient (Wildman–Crippen LogP) is 29.6. The largest absolute Gasteiger partial charge is 0.490 e. The fraction of sp³-hybridized carbons (Fsp3) is 0.377. The Labute approximate surface area is 665 Å². The molecule has 0 amide bonds. The van der Waals surface area contributed by atoms with Crippen LogP contribution in [0.15, 0.2) is 218 Å². The van der Waals surface area contributed by atoms with Crippen molar-refractivity contribution >= 4 is 21.8 Å². The average Bonchev–Trinajstić information content (AvgIpc) is 1.55. The molecule has 574 valence electrons. The van der Waals surface area contributed by atoms with Gasteiger partial charge in [0.05, 0.1) is 48.3 Å². The molecular formula is C106H121NO4. The summed E-state index contributed by atoms with van der Waals surface area (Å²) < 4.78 is 30.0. The standard InChI is InChI=1S/C106H121NO4/c1-12-16-20-22-24-26-28-35-63-109-101-60-50-85(73-103(101)111-64-36-29-27-25-23-21-17-13-2)106(93-65-74(5)39-42-77(93)8)95-67-76(7)41-54-88(95)90-56-44-81(71-97(90)106)79-46-58-99-92(69-79)91-68-78(45-57-98(91)107(99)86-51-47-82(48-52-86)104(9,10)11)80-43-55-89-87-53-40-75(6)66-94(87)105(96(89)70-80,83-37-31-30-32-38-83)84-49-59-100(108-61-33-18-14-3)102(72-84)110-62-34-19-15-4/h30-32,37-60,65-73H,12-29,33-36,61-64H2,1-11H3. The summed E-state index contributed by atoms with van der Waals surface area (Å²) >= 11 is 0. The molecule has 2 atom stereocenters. The van der Waals surface area contributed by atoms with E-state index < -0.39 is 10.8 Å². The normalized spacial score (nSPS) is 14.9. The minimum Gasteiger partial charge on any atom is -0.490 e. The molecule has 11 aromatic carbocycles. The molecular weight excluding hydrogens is 1350 g/mol. The predicted molar refractivity (Wildman–Crippen MR) is 470 cm³/mol. The maximum Gasteiger partial charge on any atom is 0.161 e. The van der Waals surface area contributed by atoms with Crippen LogP contribution in [0, 0.1) is 27.7 Å². The van der Waals surface area contributed by atoms with E-state index in [1.165, 1.54) is 217 Å². The van der Waals surface area contributed by atoms with Gasteiger partial charge in [-0.3, -0.25) is 0 Å². The van der Waals surface area contributed by atoms with Crippen LogP contribution in [0.4, 0.5) is 0 Å². The van der Waals surface area contributed by atoms with Crippen molar-refractivity contribution in [3.05, 3.63) is 291 Å². The fourth-order valence-corrected chi connectivity index (χ4v) is 18.2. The van der Waals surface area contributed by atoms with E-state index in [0.717, 1.165) is 92.0 Å². The van der Waals surface area contributed by atoms with Crippen molar-refractivity contribution in [3.8, 4) is 73.2 Å². The van der Waals surface area contributed by atoms with E-state index in [4.69, 9.17) is 18.9 Å². The lowest BCUT2D eigenvalue weighted by Crippen LogP contribution is -2.30. The van der Waals surface area contributed by atoms with Gasteiger partial charge in [0.2, 0.25) is 0 Å². The molecule has 111 heavy (non-hydrogen) atoms. The first-order valence-electron chi connectivity index (χ1n) is 42.8. The second-order valence-corrected chi connectivity index (χ2v) is 33.5. The number of rotatable bonds is 37. The van der Waals surface area contributed by atoms with E-state index in [1.807, 2.05) is 0 Å². The summed E-state index contributed by atoms with van der Waals surface area (Å²) in [6.45, 7) is 27.7. The Bertz CT molecular complexity index is 5180. The molecule has 1 aromatic heterocycles. The third-order valence-corrected chi connectivity index (χ3v) is 24.3. The van der Waals surface area contributed by atoms with Crippen molar-refractivity contribution < 1.29 is 18.9 Å². The average molecular weight is 1470 g/mol. The van der Waals surface area contributed by atoms with Crippen molar-refractivity contribution in [2.24, 2.45) is 0 Å². The second-order valence-electron chi connectivity index (χ2n) is 33.5. The van der Waals surface area contributed by atoms with E-state index in [9.17, 15) is 0 Å². The van der Waals surface area contributed by atoms with E-state index in [1.54, 1.807) is 0 Å². The maximum atomic E-state index is 7.10. The highest BCUT2D eigenvalue weighted by molar-refractivity contribution is 6.12. The molecule has 0 aliphatic heterocycles. The smallest absolute Gasteiger partial charge is 0.161 e. The number of aryl methyl sites for hydroxylation is 4. The van der Waals surface area contributed by atoms with Gasteiger partial charge in [0, 0.05) is 16.5 Å². The molecule has 0 spiro atoms. The van der Waals surface area contributed by atoms with E-state index >= 15 is 0 Å². The molecule has 0 bridgehead atoms. The van der Waals surface area contributed by atoms with E-state index in [-0.39, 0.29) is 5.41 Å². The topological polar surface area (TPSA) is 41.9 Å². The van der Waals surface area contributed by atoms with Gasteiger partial charge in [0.15, 0.2) is 23.0 Å². The van der Waals surface area contributed by atoms with Crippen LogP contribution in [0.1, 0.15) is 262 Å². The Hall–Kier alpha value is -9.58. The van der Waals surface area contributed by atoms with Crippen LogP contribution >= 0.6 is 0 Å². The van der Waals surface area contributed by atoms with Crippen LogP contribution in [0.25, 0.3) is 72.0 Å². The number of hydrogen-bond acceptors (Lipinski definition) is 4. The highest BCUT2D eigenvalue weighted by Gasteiger charge is 2.49. The van der Waals surface area contributed by atoms with Crippen LogP contribution in [0.2, 0.25) is 0 Å². The first-order valence-corrected chi connectivity index (χ1v) is 42.8. The van der Waals surface area contributed by atoms with Gasteiger partial charge in [-0.15, -0.1) is 0 Å². The molecule has 2 aliphatic rings. The van der Waals surface area contributed by atoms with Gasteiger partial charge in [-0.25, -0.2) is 0 Å². The van der Waals surface area contributed by atoms with Gasteiger partial charge in [-0.1, -0.05) is 326 Å². The molecule has 0 saturated carbocycles. The quantitative estimate of drug-likeness (QED) is 0.0364. The first kappa shape index (κ1) is 78.1. The molecule has 5 nitrogen and oxygen atoms in total. The lowest BCUT2D eigenvalue weighted by Gasteiger charge is -2.36. The van der Waals surface area contributed by atoms with Crippen molar-refractivity contribution in [3.63, 3.8) is 0 Å². The molecule has 14 rings (SSSR count). The fourth-order valence-electron chi connectivity index (χ4n) is 18.2. The first-order chi connectivity index (χ1) is 54.2. The summed E-state index contributed by atoms with van der Waals surface area (Å²) in [4.78, 5) is 0. The zero-order valence-electron chi connectivity index (χ0n) is 68.7. The van der Waals surface area contributed by atoms with Crippen molar-refractivity contribution in [2.75, 3.05) is 26.4 Å². The van der Waals surface area contributed by atoms with Gasteiger partial charge in [0.25, 0.3) is 0 Å². The van der Waals surface area contributed by atoms with Crippen LogP contribution in [0.3, 0.4) is 0 Å². The summed E-state index contributed by atoms with van der Waals surface area (Å²) in [7, 11) is 0. The van der Waals surface area contributed by atoms with Crippen LogP contribution < -0.4 is 18.9 Å². The number of aromatic nitrogens is 1. The van der Waals surface area contributed by atoms with Gasteiger partial charge in [-0.05, 0) is 232 Å². The van der Waals surface area contributed by atoms with Crippen LogP contribution in [-0.4, -0.2) is 31.0 Å². The molecule has 0 saturated heterocycles. The highest BCUT2D eigenvalue weighted by Crippen LogP contribution is 2.61. The number of ether oxygens (including phenoxy) is 4. The van der Waals surface area contributed by atoms with Gasteiger partial charge >= 0.3 is 0 Å². The molecule has 0 radical (unpaired) electrons. The van der Waals surface area contributed by atoms with Crippen molar-refractivity contribution in [1.82, 2.24) is 4.57 Å². The number of benzene rings is 11.